The van der Waals surface area contributed by atoms with Gasteiger partial charge in [-0.2, -0.15) is 0 Å². The Morgan fingerprint density at radius 2 is 0.879 bits per heavy atom. The van der Waals surface area contributed by atoms with E-state index in [1.807, 2.05) is 0 Å². The number of rotatable bonds is 48. The van der Waals surface area contributed by atoms with Crippen molar-refractivity contribution in [3.05, 3.63) is 12.2 Å². The number of allylic oxidation sites excluding steroid dienone is 2. The van der Waals surface area contributed by atoms with Crippen LogP contribution in [-0.2, 0) is 14.3 Å². The van der Waals surface area contributed by atoms with Crippen LogP contribution < -0.4 is 5.32 Å². The lowest BCUT2D eigenvalue weighted by Crippen LogP contribution is -2.60. The normalized spacial score (nSPS) is 20.8. The van der Waals surface area contributed by atoms with Gasteiger partial charge in [-0.15, -0.1) is 0 Å². The summed E-state index contributed by atoms with van der Waals surface area (Å²) in [5.41, 5.74) is 0. The highest BCUT2D eigenvalue weighted by Crippen LogP contribution is 2.23. The van der Waals surface area contributed by atoms with E-state index >= 15 is 0 Å². The van der Waals surface area contributed by atoms with Gasteiger partial charge in [-0.3, -0.25) is 4.79 Å². The zero-order valence-corrected chi connectivity index (χ0v) is 42.7. The summed E-state index contributed by atoms with van der Waals surface area (Å²) in [7, 11) is 0. The molecule has 0 aromatic rings. The molecule has 0 aromatic heterocycles. The number of aliphatic hydroxyl groups is 7. The molecule has 66 heavy (non-hydrogen) atoms. The van der Waals surface area contributed by atoms with Crippen molar-refractivity contribution in [3.63, 3.8) is 0 Å². The van der Waals surface area contributed by atoms with Gasteiger partial charge in [0.25, 0.3) is 0 Å². The summed E-state index contributed by atoms with van der Waals surface area (Å²) in [6.07, 6.45) is 39.7. The van der Waals surface area contributed by atoms with Crippen LogP contribution in [0.5, 0.6) is 0 Å². The van der Waals surface area contributed by atoms with Crippen LogP contribution in [0.3, 0.4) is 0 Å². The Morgan fingerprint density at radius 3 is 1.27 bits per heavy atom. The average Bonchev–Trinajstić information content (AvgIpc) is 3.32. The number of unbranched alkanes of at least 4 members (excludes halogenated alkanes) is 34. The predicted molar refractivity (Wildman–Crippen MR) is 270 cm³/mol. The van der Waals surface area contributed by atoms with Crippen LogP contribution in [0.2, 0.25) is 0 Å². The van der Waals surface area contributed by atoms with Gasteiger partial charge >= 0.3 is 0 Å². The van der Waals surface area contributed by atoms with Gasteiger partial charge in [0.05, 0.1) is 25.4 Å². The average molecular weight is 942 g/mol. The third kappa shape index (κ3) is 33.4. The van der Waals surface area contributed by atoms with Crippen molar-refractivity contribution < 1.29 is 50.0 Å². The molecular weight excluding hydrogens is 835 g/mol. The summed E-state index contributed by atoms with van der Waals surface area (Å²) in [4.78, 5) is 13.2. The number of hydrogen-bond donors (Lipinski definition) is 8. The summed E-state index contributed by atoms with van der Waals surface area (Å²) in [5, 5.41) is 76.1. The quantitative estimate of drug-likeness (QED) is 0.0215. The first-order chi connectivity index (χ1) is 32.2. The zero-order chi connectivity index (χ0) is 48.3. The van der Waals surface area contributed by atoms with E-state index in [0.717, 1.165) is 51.4 Å². The topological polar surface area (TPSA) is 189 Å². The first kappa shape index (κ1) is 62.9. The molecule has 1 amide bonds. The highest BCUT2D eigenvalue weighted by molar-refractivity contribution is 5.80. The minimum Gasteiger partial charge on any atom is -0.394 e. The Kier molecular flexibility index (Phi) is 42.9. The molecular formula is C55H107NO10. The fourth-order valence-corrected chi connectivity index (χ4v) is 9.20. The molecule has 8 N–H and O–H groups in total. The summed E-state index contributed by atoms with van der Waals surface area (Å²) in [6.45, 7) is 3.48. The summed E-state index contributed by atoms with van der Waals surface area (Å²) < 4.78 is 11.1. The molecule has 1 aliphatic heterocycles. The van der Waals surface area contributed by atoms with E-state index in [-0.39, 0.29) is 6.42 Å². The Hall–Kier alpha value is -1.15. The van der Waals surface area contributed by atoms with E-state index in [2.05, 4.69) is 31.3 Å². The molecule has 11 nitrogen and oxygen atoms in total. The maximum absolute atomic E-state index is 13.2. The van der Waals surface area contributed by atoms with Gasteiger partial charge in [0.15, 0.2) is 6.29 Å². The molecule has 392 valence electrons. The second kappa shape index (κ2) is 45.0. The van der Waals surface area contributed by atoms with E-state index in [0.29, 0.717) is 19.3 Å². The number of nitrogens with one attached hydrogen (secondary N) is 1. The monoisotopic (exact) mass is 942 g/mol. The highest BCUT2D eigenvalue weighted by Gasteiger charge is 2.44. The molecule has 0 bridgehead atoms. The zero-order valence-electron chi connectivity index (χ0n) is 42.7. The molecule has 1 aliphatic rings. The molecule has 1 rings (SSSR count). The summed E-state index contributed by atoms with van der Waals surface area (Å²) in [5.74, 6) is -0.697. The Labute approximate surface area is 404 Å². The number of amides is 1. The second-order valence-electron chi connectivity index (χ2n) is 20.0. The van der Waals surface area contributed by atoms with Crippen LogP contribution in [0, 0.1) is 0 Å². The Morgan fingerprint density at radius 1 is 0.515 bits per heavy atom. The van der Waals surface area contributed by atoms with Crippen LogP contribution in [0.4, 0.5) is 0 Å². The van der Waals surface area contributed by atoms with Gasteiger partial charge in [-0.05, 0) is 38.5 Å². The smallest absolute Gasteiger partial charge is 0.249 e. The van der Waals surface area contributed by atoms with Crippen molar-refractivity contribution >= 4 is 5.91 Å². The minimum atomic E-state index is -1.66. The molecule has 9 unspecified atom stereocenters. The largest absolute Gasteiger partial charge is 0.394 e. The number of carbonyl (C=O) groups is 1. The number of aliphatic hydroxyl groups excluding tert-OH is 7. The fraction of sp³-hybridized carbons (Fsp3) is 0.945. The van der Waals surface area contributed by atoms with Gasteiger partial charge < -0.3 is 50.5 Å². The van der Waals surface area contributed by atoms with Gasteiger partial charge in [-0.25, -0.2) is 0 Å². The molecule has 1 fully saturated rings. The first-order valence-corrected chi connectivity index (χ1v) is 28.1. The number of carbonyl (C=O) groups excluding carboxylic acids is 1. The lowest BCUT2D eigenvalue weighted by molar-refractivity contribution is -0.303. The number of hydrogen-bond acceptors (Lipinski definition) is 10. The van der Waals surface area contributed by atoms with Crippen LogP contribution in [0.15, 0.2) is 12.2 Å². The maximum Gasteiger partial charge on any atom is 0.249 e. The predicted octanol–water partition coefficient (Wildman–Crippen LogP) is 11.2. The SMILES string of the molecule is CCCCCCCCCCCC/C=C\CCCCCCCCC(O)C(=O)NC(COC1OC(CO)C(O)C(O)C1O)C(O)C(O)CCCCCCCCCCCCCCCCCCCCC. The summed E-state index contributed by atoms with van der Waals surface area (Å²) in [6, 6.07) is -1.17. The van der Waals surface area contributed by atoms with Crippen molar-refractivity contribution in [3.8, 4) is 0 Å². The Balaban J connectivity index is 2.34. The fourth-order valence-electron chi connectivity index (χ4n) is 9.20. The van der Waals surface area contributed by atoms with Gasteiger partial charge in [0, 0.05) is 0 Å². The lowest BCUT2D eigenvalue weighted by Gasteiger charge is -2.40. The van der Waals surface area contributed by atoms with E-state index in [4.69, 9.17) is 9.47 Å². The lowest BCUT2D eigenvalue weighted by atomic mass is 9.98. The second-order valence-corrected chi connectivity index (χ2v) is 20.0. The third-order valence-electron chi connectivity index (χ3n) is 13.8. The molecule has 0 spiro atoms. The minimum absolute atomic E-state index is 0.256. The Bertz CT molecular complexity index is 1080. The van der Waals surface area contributed by atoms with Crippen LogP contribution in [0.25, 0.3) is 0 Å². The van der Waals surface area contributed by atoms with Crippen molar-refractivity contribution in [2.45, 2.75) is 319 Å². The van der Waals surface area contributed by atoms with E-state index in [1.165, 1.54) is 173 Å². The van der Waals surface area contributed by atoms with Crippen molar-refractivity contribution in [2.75, 3.05) is 13.2 Å². The standard InChI is InChI=1S/C55H107NO10/c1-3-5-7-9-11-13-15-17-19-21-23-25-27-29-31-33-35-37-39-41-43-48(59)54(64)56-46(45-65-55-53(63)52(62)51(61)49(44-57)66-55)50(60)47(58)42-40-38-36-34-32-30-28-26-24-22-20-18-16-14-12-10-8-6-4-2/h25,27,46-53,55,57-63H,3-24,26,28-45H2,1-2H3,(H,56,64)/b27-25-. The van der Waals surface area contributed by atoms with E-state index in [1.54, 1.807) is 0 Å². The molecule has 11 heteroatoms. The molecule has 0 saturated carbocycles. The molecule has 1 saturated heterocycles. The molecule has 0 aromatic carbocycles. The molecule has 9 atom stereocenters. The van der Waals surface area contributed by atoms with Gasteiger partial charge in [-0.1, -0.05) is 238 Å². The van der Waals surface area contributed by atoms with Crippen LogP contribution in [-0.4, -0.2) is 110 Å². The van der Waals surface area contributed by atoms with Crippen LogP contribution >= 0.6 is 0 Å². The van der Waals surface area contributed by atoms with Gasteiger partial charge in [0.1, 0.15) is 36.6 Å². The molecule has 1 heterocycles. The number of ether oxygens (including phenoxy) is 2. The highest BCUT2D eigenvalue weighted by atomic mass is 16.7. The third-order valence-corrected chi connectivity index (χ3v) is 13.8. The molecule has 0 radical (unpaired) electrons. The van der Waals surface area contributed by atoms with E-state index < -0.39 is 74.2 Å². The van der Waals surface area contributed by atoms with Crippen molar-refractivity contribution in [1.29, 1.82) is 0 Å². The maximum atomic E-state index is 13.2. The van der Waals surface area contributed by atoms with Crippen molar-refractivity contribution in [1.82, 2.24) is 5.32 Å². The van der Waals surface area contributed by atoms with Crippen LogP contribution in [0.1, 0.15) is 264 Å². The van der Waals surface area contributed by atoms with Crippen molar-refractivity contribution in [2.24, 2.45) is 0 Å². The first-order valence-electron chi connectivity index (χ1n) is 28.1. The summed E-state index contributed by atoms with van der Waals surface area (Å²) >= 11 is 0. The van der Waals surface area contributed by atoms with E-state index in [9.17, 15) is 40.5 Å². The van der Waals surface area contributed by atoms with Gasteiger partial charge in [0.2, 0.25) is 5.91 Å². The molecule has 0 aliphatic carbocycles.